The van der Waals surface area contributed by atoms with Crippen LogP contribution in [-0.2, 0) is 7.05 Å². The lowest BCUT2D eigenvalue weighted by Crippen LogP contribution is -2.52. The number of nitrogens with zero attached hydrogens (tertiary/aromatic N) is 2. The standard InChI is InChI=1S/C18H29N3/c1-3-5-19-17(16-4-6-21(2)20-16)18-10-13-7-14(11-18)9-15(8-13)12-18/h4,6,13-15,17,19H,3,5,7-12H2,1-2H3. The maximum atomic E-state index is 4.78. The van der Waals surface area contributed by atoms with Gasteiger partial charge in [-0.15, -0.1) is 0 Å². The lowest BCUT2D eigenvalue weighted by Gasteiger charge is -2.59. The fourth-order valence-corrected chi connectivity index (χ4v) is 6.04. The highest BCUT2D eigenvalue weighted by Crippen LogP contribution is 2.63. The van der Waals surface area contributed by atoms with Crippen LogP contribution >= 0.6 is 0 Å². The van der Waals surface area contributed by atoms with Gasteiger partial charge in [-0.3, -0.25) is 4.68 Å². The van der Waals surface area contributed by atoms with E-state index in [2.05, 4.69) is 24.5 Å². The first-order valence-electron chi connectivity index (χ1n) is 8.91. The van der Waals surface area contributed by atoms with E-state index in [1.165, 1.54) is 50.6 Å². The molecule has 0 saturated heterocycles. The third-order valence-corrected chi connectivity index (χ3v) is 6.33. The predicted octanol–water partition coefficient (Wildman–Crippen LogP) is 3.68. The average molecular weight is 287 g/mol. The van der Waals surface area contributed by atoms with E-state index in [4.69, 9.17) is 5.10 Å². The van der Waals surface area contributed by atoms with E-state index in [1.807, 2.05) is 11.7 Å². The molecule has 1 heterocycles. The molecule has 4 aliphatic rings. The number of rotatable bonds is 5. The van der Waals surface area contributed by atoms with E-state index in [0.717, 1.165) is 24.3 Å². The van der Waals surface area contributed by atoms with Crippen molar-refractivity contribution in [2.24, 2.45) is 30.2 Å². The van der Waals surface area contributed by atoms with E-state index in [0.29, 0.717) is 11.5 Å². The highest BCUT2D eigenvalue weighted by atomic mass is 15.3. The van der Waals surface area contributed by atoms with E-state index in [-0.39, 0.29) is 0 Å². The Morgan fingerprint density at radius 3 is 2.33 bits per heavy atom. The molecule has 5 rings (SSSR count). The molecule has 1 atom stereocenters. The Labute approximate surface area is 128 Å². The number of aryl methyl sites for hydroxylation is 1. The molecule has 116 valence electrons. The van der Waals surface area contributed by atoms with Gasteiger partial charge in [0.15, 0.2) is 0 Å². The van der Waals surface area contributed by atoms with Crippen molar-refractivity contribution in [1.29, 1.82) is 0 Å². The van der Waals surface area contributed by atoms with Crippen LogP contribution in [0, 0.1) is 23.2 Å². The van der Waals surface area contributed by atoms with Crippen molar-refractivity contribution in [1.82, 2.24) is 15.1 Å². The van der Waals surface area contributed by atoms with E-state index in [9.17, 15) is 0 Å². The van der Waals surface area contributed by atoms with Crippen LogP contribution in [0.1, 0.15) is 63.6 Å². The monoisotopic (exact) mass is 287 g/mol. The summed E-state index contributed by atoms with van der Waals surface area (Å²) in [6.07, 6.45) is 12.2. The normalized spacial score (nSPS) is 38.9. The third kappa shape index (κ3) is 2.34. The molecule has 0 radical (unpaired) electrons. The van der Waals surface area contributed by atoms with Crippen molar-refractivity contribution in [2.75, 3.05) is 6.54 Å². The van der Waals surface area contributed by atoms with Crippen LogP contribution in [0.25, 0.3) is 0 Å². The van der Waals surface area contributed by atoms with Crippen molar-refractivity contribution < 1.29 is 0 Å². The first-order chi connectivity index (χ1) is 10.2. The minimum absolute atomic E-state index is 0.479. The van der Waals surface area contributed by atoms with Crippen molar-refractivity contribution in [3.05, 3.63) is 18.0 Å². The van der Waals surface area contributed by atoms with Gasteiger partial charge < -0.3 is 5.32 Å². The van der Waals surface area contributed by atoms with Gasteiger partial charge in [-0.1, -0.05) is 6.92 Å². The number of hydrogen-bond acceptors (Lipinski definition) is 2. The van der Waals surface area contributed by atoms with Crippen LogP contribution in [0.4, 0.5) is 0 Å². The topological polar surface area (TPSA) is 29.9 Å². The second-order valence-electron chi connectivity index (χ2n) is 8.08. The fraction of sp³-hybridized carbons (Fsp3) is 0.833. The molecule has 1 N–H and O–H groups in total. The Kier molecular flexibility index (Phi) is 3.36. The van der Waals surface area contributed by atoms with Crippen LogP contribution in [0.2, 0.25) is 0 Å². The lowest BCUT2D eigenvalue weighted by molar-refractivity contribution is -0.0756. The molecule has 4 fully saturated rings. The molecule has 4 bridgehead atoms. The van der Waals surface area contributed by atoms with Crippen molar-refractivity contribution in [3.63, 3.8) is 0 Å². The molecule has 21 heavy (non-hydrogen) atoms. The molecule has 3 nitrogen and oxygen atoms in total. The van der Waals surface area contributed by atoms with Crippen molar-refractivity contribution >= 4 is 0 Å². The Hall–Kier alpha value is -0.830. The summed E-state index contributed by atoms with van der Waals surface area (Å²) < 4.78 is 1.97. The highest BCUT2D eigenvalue weighted by Gasteiger charge is 2.54. The third-order valence-electron chi connectivity index (χ3n) is 6.33. The Morgan fingerprint density at radius 2 is 1.86 bits per heavy atom. The summed E-state index contributed by atoms with van der Waals surface area (Å²) in [6, 6.07) is 2.72. The fourth-order valence-electron chi connectivity index (χ4n) is 6.04. The van der Waals surface area contributed by atoms with Crippen molar-refractivity contribution in [2.45, 2.75) is 57.9 Å². The van der Waals surface area contributed by atoms with E-state index >= 15 is 0 Å². The van der Waals surface area contributed by atoms with Gasteiger partial charge in [0.05, 0.1) is 11.7 Å². The van der Waals surface area contributed by atoms with E-state index < -0.39 is 0 Å². The van der Waals surface area contributed by atoms with Gasteiger partial charge in [-0.25, -0.2) is 0 Å². The number of hydrogen-bond donors (Lipinski definition) is 1. The Morgan fingerprint density at radius 1 is 1.24 bits per heavy atom. The summed E-state index contributed by atoms with van der Waals surface area (Å²) in [7, 11) is 2.04. The zero-order valence-electron chi connectivity index (χ0n) is 13.5. The van der Waals surface area contributed by atoms with Gasteiger partial charge in [0, 0.05) is 13.2 Å². The van der Waals surface area contributed by atoms with Crippen LogP contribution in [0.5, 0.6) is 0 Å². The van der Waals surface area contributed by atoms with Gasteiger partial charge >= 0.3 is 0 Å². The summed E-state index contributed by atoms with van der Waals surface area (Å²) in [5.41, 5.74) is 1.78. The zero-order chi connectivity index (χ0) is 14.4. The molecule has 4 saturated carbocycles. The smallest absolute Gasteiger partial charge is 0.0799 e. The molecular formula is C18H29N3. The van der Waals surface area contributed by atoms with E-state index in [1.54, 1.807) is 0 Å². The van der Waals surface area contributed by atoms with Crippen LogP contribution < -0.4 is 5.32 Å². The highest BCUT2D eigenvalue weighted by molar-refractivity contribution is 5.15. The maximum Gasteiger partial charge on any atom is 0.0799 e. The molecule has 0 aliphatic heterocycles. The second kappa shape index (κ2) is 5.12. The molecule has 4 aliphatic carbocycles. The molecule has 1 aromatic heterocycles. The summed E-state index contributed by atoms with van der Waals surface area (Å²) in [5, 5.41) is 8.66. The minimum Gasteiger partial charge on any atom is -0.308 e. The molecule has 1 unspecified atom stereocenters. The van der Waals surface area contributed by atoms with Crippen LogP contribution in [0.15, 0.2) is 12.3 Å². The minimum atomic E-state index is 0.479. The summed E-state index contributed by atoms with van der Waals surface area (Å²) in [4.78, 5) is 0. The first-order valence-corrected chi connectivity index (χ1v) is 8.91. The van der Waals surface area contributed by atoms with Crippen LogP contribution in [0.3, 0.4) is 0 Å². The summed E-state index contributed by atoms with van der Waals surface area (Å²) in [6.45, 7) is 3.38. The lowest BCUT2D eigenvalue weighted by atomic mass is 9.47. The molecule has 1 aromatic rings. The number of aromatic nitrogens is 2. The van der Waals surface area contributed by atoms with Crippen molar-refractivity contribution in [3.8, 4) is 0 Å². The Bertz CT molecular complexity index is 469. The van der Waals surface area contributed by atoms with Gasteiger partial charge in [0.1, 0.15) is 0 Å². The number of nitrogens with one attached hydrogen (secondary N) is 1. The SMILES string of the molecule is CCCNC(c1ccn(C)n1)C12CC3CC(CC(C3)C1)C2. The summed E-state index contributed by atoms with van der Waals surface area (Å²) in [5.74, 6) is 3.02. The molecule has 3 heteroatoms. The Balaban J connectivity index is 1.66. The van der Waals surface area contributed by atoms with Gasteiger partial charge in [0.25, 0.3) is 0 Å². The second-order valence-corrected chi connectivity index (χ2v) is 8.08. The molecule has 0 aromatic carbocycles. The molecule has 0 spiro atoms. The summed E-state index contributed by atoms with van der Waals surface area (Å²) >= 11 is 0. The van der Waals surface area contributed by atoms with Crippen LogP contribution in [-0.4, -0.2) is 16.3 Å². The van der Waals surface area contributed by atoms with Gasteiger partial charge in [0.2, 0.25) is 0 Å². The largest absolute Gasteiger partial charge is 0.308 e. The zero-order valence-corrected chi connectivity index (χ0v) is 13.5. The molecule has 0 amide bonds. The maximum absolute atomic E-state index is 4.78. The van der Waals surface area contributed by atoms with Gasteiger partial charge in [-0.05, 0) is 80.7 Å². The first kappa shape index (κ1) is 13.8. The molecular weight excluding hydrogens is 258 g/mol. The van der Waals surface area contributed by atoms with Gasteiger partial charge in [-0.2, -0.15) is 5.10 Å². The quantitative estimate of drug-likeness (QED) is 0.895. The predicted molar refractivity (Wildman–Crippen MR) is 84.8 cm³/mol. The average Bonchev–Trinajstić information content (AvgIpc) is 2.84.